The van der Waals surface area contributed by atoms with Crippen molar-refractivity contribution in [1.29, 1.82) is 0 Å². The van der Waals surface area contributed by atoms with Crippen LogP contribution in [0.25, 0.3) is 0 Å². The van der Waals surface area contributed by atoms with E-state index < -0.39 is 28.0 Å². The van der Waals surface area contributed by atoms with Gasteiger partial charge in [0.05, 0.1) is 10.5 Å². The van der Waals surface area contributed by atoms with E-state index in [1.54, 1.807) is 18.2 Å². The molecule has 34 heavy (non-hydrogen) atoms. The van der Waals surface area contributed by atoms with E-state index in [1.165, 1.54) is 24.3 Å². The zero-order valence-electron chi connectivity index (χ0n) is 19.2. The number of halogens is 3. The van der Waals surface area contributed by atoms with Crippen molar-refractivity contribution in [2.75, 3.05) is 20.6 Å². The molecule has 1 atom stereocenters. The highest BCUT2D eigenvalue weighted by Gasteiger charge is 2.34. The van der Waals surface area contributed by atoms with Crippen LogP contribution in [-0.4, -0.2) is 38.5 Å². The van der Waals surface area contributed by atoms with Gasteiger partial charge in [0, 0.05) is 13.0 Å². The first-order valence-corrected chi connectivity index (χ1v) is 11.9. The zero-order chi connectivity index (χ0) is 25.4. The Hall–Kier alpha value is -2.88. The molecule has 0 amide bonds. The van der Waals surface area contributed by atoms with Crippen LogP contribution in [0.4, 0.5) is 13.2 Å². The quantitative estimate of drug-likeness (QED) is 0.406. The van der Waals surface area contributed by atoms with E-state index >= 15 is 0 Å². The van der Waals surface area contributed by atoms with Crippen molar-refractivity contribution in [2.45, 2.75) is 30.5 Å². The summed E-state index contributed by atoms with van der Waals surface area (Å²) >= 11 is 0. The maximum atomic E-state index is 13.1. The van der Waals surface area contributed by atoms with Gasteiger partial charge in [0.2, 0.25) is 0 Å². The van der Waals surface area contributed by atoms with Gasteiger partial charge < -0.3 is 9.64 Å². The molecule has 184 valence electrons. The van der Waals surface area contributed by atoms with Crippen LogP contribution in [-0.2, 0) is 16.3 Å². The fourth-order valence-electron chi connectivity index (χ4n) is 3.00. The first-order valence-electron chi connectivity index (χ1n) is 10.4. The minimum Gasteiger partial charge on any atom is -0.485 e. The smallest absolute Gasteiger partial charge is 0.419 e. The highest BCUT2D eigenvalue weighted by molar-refractivity contribution is 7.85. The van der Waals surface area contributed by atoms with Crippen molar-refractivity contribution in [3.8, 4) is 5.75 Å². The summed E-state index contributed by atoms with van der Waals surface area (Å²) in [4.78, 5) is 1.91. The minimum absolute atomic E-state index is 0.0666. The molecule has 0 heterocycles. The Kier molecular flexibility index (Phi) is 9.66. The monoisotopic (exact) mass is 495 g/mol. The molecule has 0 spiro atoms. The lowest BCUT2D eigenvalue weighted by Gasteiger charge is -2.23. The van der Waals surface area contributed by atoms with Gasteiger partial charge in [-0.25, -0.2) is 0 Å². The lowest BCUT2D eigenvalue weighted by molar-refractivity contribution is -0.139. The number of alkyl halides is 3. The molecule has 0 saturated carbocycles. The van der Waals surface area contributed by atoms with Crippen LogP contribution in [0.1, 0.15) is 29.2 Å². The number of benzene rings is 3. The molecule has 9 heteroatoms. The maximum absolute atomic E-state index is 13.1. The second-order valence-electron chi connectivity index (χ2n) is 7.89. The molecule has 3 aromatic rings. The number of ether oxygens (including phenoxy) is 1. The standard InChI is InChI=1S/C18H20F3NO.C7H8O3S/c1-22(2)13-12-16(14-8-4-3-5-9-14)23-17-11-7-6-10-15(17)18(19,20)21;1-6-2-4-7(5-3-6)11(8,9)10/h3-11,16H,12-13H2,1-2H3;2-5H,1H3,(H,8,9,10). The lowest BCUT2D eigenvalue weighted by Crippen LogP contribution is -2.19. The Morgan fingerprint density at radius 1 is 0.912 bits per heavy atom. The van der Waals surface area contributed by atoms with Crippen LogP contribution in [0.5, 0.6) is 5.75 Å². The van der Waals surface area contributed by atoms with E-state index in [0.717, 1.165) is 17.2 Å². The molecule has 3 aromatic carbocycles. The zero-order valence-corrected chi connectivity index (χ0v) is 20.0. The molecule has 0 radical (unpaired) electrons. The van der Waals surface area contributed by atoms with Crippen molar-refractivity contribution in [2.24, 2.45) is 0 Å². The summed E-state index contributed by atoms with van der Waals surface area (Å²) in [5, 5.41) is 0. The van der Waals surface area contributed by atoms with E-state index in [-0.39, 0.29) is 10.6 Å². The molecule has 0 aliphatic rings. The van der Waals surface area contributed by atoms with Gasteiger partial charge in [0.1, 0.15) is 11.9 Å². The van der Waals surface area contributed by atoms with E-state index in [0.29, 0.717) is 13.0 Å². The van der Waals surface area contributed by atoms with Gasteiger partial charge in [0.15, 0.2) is 0 Å². The molecule has 5 nitrogen and oxygen atoms in total. The summed E-state index contributed by atoms with van der Waals surface area (Å²) in [6, 6.07) is 20.7. The van der Waals surface area contributed by atoms with Crippen LogP contribution in [0, 0.1) is 6.92 Å². The Labute approximate surface area is 198 Å². The summed E-state index contributed by atoms with van der Waals surface area (Å²) in [5.41, 5.74) is 1.08. The number of hydrogen-bond donors (Lipinski definition) is 1. The SMILES string of the molecule is CN(C)CCC(Oc1ccccc1C(F)(F)F)c1ccccc1.Cc1ccc(S(=O)(=O)O)cc1. The van der Waals surface area contributed by atoms with Crippen molar-refractivity contribution in [3.63, 3.8) is 0 Å². The van der Waals surface area contributed by atoms with Gasteiger partial charge in [-0.3, -0.25) is 4.55 Å². The molecule has 1 unspecified atom stereocenters. The lowest BCUT2D eigenvalue weighted by atomic mass is 10.1. The fraction of sp³-hybridized carbons (Fsp3) is 0.280. The van der Waals surface area contributed by atoms with Crippen LogP contribution in [0.2, 0.25) is 0 Å². The molecule has 0 saturated heterocycles. The summed E-state index contributed by atoms with van der Waals surface area (Å²) in [6.45, 7) is 2.56. The van der Waals surface area contributed by atoms with Gasteiger partial charge in [-0.05, 0) is 50.8 Å². The third-order valence-corrected chi connectivity index (χ3v) is 5.66. The largest absolute Gasteiger partial charge is 0.485 e. The first-order chi connectivity index (χ1) is 15.9. The van der Waals surface area contributed by atoms with Crippen molar-refractivity contribution in [1.82, 2.24) is 4.90 Å². The van der Waals surface area contributed by atoms with Crippen LogP contribution in [0.3, 0.4) is 0 Å². The average molecular weight is 496 g/mol. The second kappa shape index (κ2) is 12.0. The highest BCUT2D eigenvalue weighted by atomic mass is 32.2. The second-order valence-corrected chi connectivity index (χ2v) is 9.31. The predicted octanol–water partition coefficient (Wildman–Crippen LogP) is 6.02. The average Bonchev–Trinajstić information content (AvgIpc) is 2.77. The fourth-order valence-corrected chi connectivity index (χ4v) is 3.48. The van der Waals surface area contributed by atoms with Gasteiger partial charge in [-0.15, -0.1) is 0 Å². The minimum atomic E-state index is -4.43. The molecule has 0 aromatic heterocycles. The number of aryl methyl sites for hydroxylation is 1. The van der Waals surface area contributed by atoms with Crippen molar-refractivity contribution < 1.29 is 30.9 Å². The predicted molar refractivity (Wildman–Crippen MR) is 125 cm³/mol. The summed E-state index contributed by atoms with van der Waals surface area (Å²) in [7, 11) is -0.175. The third-order valence-electron chi connectivity index (χ3n) is 4.79. The van der Waals surface area contributed by atoms with Crippen LogP contribution < -0.4 is 4.74 Å². The highest BCUT2D eigenvalue weighted by Crippen LogP contribution is 2.38. The molecule has 0 fully saturated rings. The molecule has 3 rings (SSSR count). The van der Waals surface area contributed by atoms with E-state index in [9.17, 15) is 21.6 Å². The van der Waals surface area contributed by atoms with E-state index in [4.69, 9.17) is 9.29 Å². The summed E-state index contributed by atoms with van der Waals surface area (Å²) in [5.74, 6) is -0.132. The van der Waals surface area contributed by atoms with Crippen LogP contribution in [0.15, 0.2) is 83.8 Å². The van der Waals surface area contributed by atoms with Crippen molar-refractivity contribution >= 4 is 10.1 Å². The van der Waals surface area contributed by atoms with Gasteiger partial charge in [-0.2, -0.15) is 21.6 Å². The Balaban J connectivity index is 0.000000310. The van der Waals surface area contributed by atoms with E-state index in [2.05, 4.69) is 0 Å². The van der Waals surface area contributed by atoms with Gasteiger partial charge in [0.25, 0.3) is 10.1 Å². The number of nitrogens with zero attached hydrogens (tertiary/aromatic N) is 1. The van der Waals surface area contributed by atoms with Gasteiger partial charge in [-0.1, -0.05) is 60.2 Å². The number of para-hydroxylation sites is 1. The molecule has 0 aliphatic carbocycles. The van der Waals surface area contributed by atoms with Crippen molar-refractivity contribution in [3.05, 3.63) is 95.6 Å². The third kappa shape index (κ3) is 8.81. The Morgan fingerprint density at radius 2 is 1.47 bits per heavy atom. The van der Waals surface area contributed by atoms with Gasteiger partial charge >= 0.3 is 6.18 Å². The van der Waals surface area contributed by atoms with E-state index in [1.807, 2.05) is 56.3 Å². The summed E-state index contributed by atoms with van der Waals surface area (Å²) < 4.78 is 74.7. The van der Waals surface area contributed by atoms with Crippen LogP contribution >= 0.6 is 0 Å². The number of rotatable bonds is 7. The molecular formula is C25H28F3NO4S. The normalized spacial score (nSPS) is 12.6. The molecule has 1 N–H and O–H groups in total. The maximum Gasteiger partial charge on any atom is 0.419 e. The Morgan fingerprint density at radius 3 is 2.00 bits per heavy atom. The molecule has 0 aliphatic heterocycles. The molecular weight excluding hydrogens is 467 g/mol. The first kappa shape index (κ1) is 27.4. The topological polar surface area (TPSA) is 66.8 Å². The molecule has 0 bridgehead atoms. The summed E-state index contributed by atoms with van der Waals surface area (Å²) in [6.07, 6.45) is -4.26. The Bertz CT molecular complexity index is 1130. The number of hydrogen-bond acceptors (Lipinski definition) is 4.